The maximum Gasteiger partial charge on any atom is 0.227 e. The quantitative estimate of drug-likeness (QED) is 0.915. The van der Waals surface area contributed by atoms with Gasteiger partial charge in [-0.1, -0.05) is 0 Å². The highest BCUT2D eigenvalue weighted by Crippen LogP contribution is 2.30. The molecule has 1 aromatic heterocycles. The number of anilines is 2. The summed E-state index contributed by atoms with van der Waals surface area (Å²) in [5.41, 5.74) is 2.64. The van der Waals surface area contributed by atoms with Gasteiger partial charge in [-0.05, 0) is 32.0 Å². The highest BCUT2D eigenvalue weighted by molar-refractivity contribution is 5.64. The molecule has 100 valence electrons. The van der Waals surface area contributed by atoms with Crippen LogP contribution in [0.15, 0.2) is 24.3 Å². The first-order valence-electron chi connectivity index (χ1n) is 5.93. The Balaban J connectivity index is 2.32. The molecule has 0 aliphatic carbocycles. The lowest BCUT2D eigenvalue weighted by atomic mass is 10.2. The number of benzene rings is 1. The van der Waals surface area contributed by atoms with E-state index in [1.165, 1.54) is 0 Å². The van der Waals surface area contributed by atoms with Crippen LogP contribution in [0.1, 0.15) is 11.4 Å². The number of methoxy groups -OCH3 is 2. The van der Waals surface area contributed by atoms with Crippen molar-refractivity contribution in [2.45, 2.75) is 13.8 Å². The van der Waals surface area contributed by atoms with E-state index in [0.717, 1.165) is 22.8 Å². The third-order valence-electron chi connectivity index (χ3n) is 2.64. The van der Waals surface area contributed by atoms with E-state index in [9.17, 15) is 0 Å². The van der Waals surface area contributed by atoms with Gasteiger partial charge < -0.3 is 14.8 Å². The Hall–Kier alpha value is -2.30. The summed E-state index contributed by atoms with van der Waals surface area (Å²) in [5, 5.41) is 3.15. The molecule has 5 nitrogen and oxygen atoms in total. The van der Waals surface area contributed by atoms with Crippen LogP contribution >= 0.6 is 0 Å². The van der Waals surface area contributed by atoms with E-state index in [1.807, 2.05) is 38.1 Å². The van der Waals surface area contributed by atoms with Crippen molar-refractivity contribution in [1.82, 2.24) is 9.97 Å². The fourth-order valence-corrected chi connectivity index (χ4v) is 1.80. The van der Waals surface area contributed by atoms with Crippen molar-refractivity contribution in [3.8, 4) is 11.5 Å². The van der Waals surface area contributed by atoms with Crippen molar-refractivity contribution in [1.29, 1.82) is 0 Å². The number of nitrogens with zero attached hydrogens (tertiary/aromatic N) is 2. The molecular weight excluding hydrogens is 242 g/mol. The van der Waals surface area contributed by atoms with Crippen LogP contribution in [0.3, 0.4) is 0 Å². The lowest BCUT2D eigenvalue weighted by Crippen LogP contribution is -2.01. The first-order valence-corrected chi connectivity index (χ1v) is 5.93. The van der Waals surface area contributed by atoms with Gasteiger partial charge in [0.2, 0.25) is 5.95 Å². The molecule has 19 heavy (non-hydrogen) atoms. The highest BCUT2D eigenvalue weighted by atomic mass is 16.5. The minimum atomic E-state index is 0.556. The predicted octanol–water partition coefficient (Wildman–Crippen LogP) is 2.85. The maximum atomic E-state index is 5.32. The summed E-state index contributed by atoms with van der Waals surface area (Å²) in [6, 6.07) is 7.47. The molecule has 0 saturated heterocycles. The zero-order valence-corrected chi connectivity index (χ0v) is 11.5. The molecule has 0 bridgehead atoms. The molecule has 0 unspecified atom stereocenters. The summed E-state index contributed by atoms with van der Waals surface area (Å²) < 4.78 is 10.5. The Bertz CT molecular complexity index is 565. The second kappa shape index (κ2) is 5.56. The predicted molar refractivity (Wildman–Crippen MR) is 74.3 cm³/mol. The van der Waals surface area contributed by atoms with Gasteiger partial charge in [-0.25, -0.2) is 9.97 Å². The summed E-state index contributed by atoms with van der Waals surface area (Å²) in [6.07, 6.45) is 0. The smallest absolute Gasteiger partial charge is 0.227 e. The summed E-state index contributed by atoms with van der Waals surface area (Å²) in [5.74, 6) is 1.98. The van der Waals surface area contributed by atoms with Gasteiger partial charge in [0.1, 0.15) is 11.5 Å². The van der Waals surface area contributed by atoms with Crippen molar-refractivity contribution in [2.24, 2.45) is 0 Å². The molecule has 2 aromatic rings. The van der Waals surface area contributed by atoms with Crippen LogP contribution in [-0.2, 0) is 0 Å². The Morgan fingerprint density at radius 2 is 1.63 bits per heavy atom. The maximum absolute atomic E-state index is 5.32. The number of hydrogen-bond donors (Lipinski definition) is 1. The Morgan fingerprint density at radius 1 is 0.947 bits per heavy atom. The number of hydrogen-bond acceptors (Lipinski definition) is 5. The van der Waals surface area contributed by atoms with E-state index >= 15 is 0 Å². The van der Waals surface area contributed by atoms with Gasteiger partial charge in [-0.3, -0.25) is 0 Å². The van der Waals surface area contributed by atoms with E-state index in [4.69, 9.17) is 9.47 Å². The van der Waals surface area contributed by atoms with Crippen LogP contribution in [-0.4, -0.2) is 24.2 Å². The molecule has 0 aliphatic heterocycles. The zero-order chi connectivity index (χ0) is 13.8. The third-order valence-corrected chi connectivity index (χ3v) is 2.64. The van der Waals surface area contributed by atoms with E-state index in [-0.39, 0.29) is 0 Å². The standard InChI is InChI=1S/C14H17N3O2/c1-9-7-10(2)16-14(15-9)17-12-6-5-11(18-3)8-13(12)19-4/h5-8H,1-4H3,(H,15,16,17). The summed E-state index contributed by atoms with van der Waals surface area (Å²) >= 11 is 0. The van der Waals surface area contributed by atoms with Gasteiger partial charge in [-0.15, -0.1) is 0 Å². The third kappa shape index (κ3) is 3.13. The molecule has 0 amide bonds. The number of aryl methyl sites for hydroxylation is 2. The van der Waals surface area contributed by atoms with Crippen molar-refractivity contribution < 1.29 is 9.47 Å². The fraction of sp³-hybridized carbons (Fsp3) is 0.286. The lowest BCUT2D eigenvalue weighted by molar-refractivity contribution is 0.395. The summed E-state index contributed by atoms with van der Waals surface area (Å²) in [4.78, 5) is 8.68. The van der Waals surface area contributed by atoms with Crippen LogP contribution < -0.4 is 14.8 Å². The van der Waals surface area contributed by atoms with Crippen molar-refractivity contribution >= 4 is 11.6 Å². The second-order valence-electron chi connectivity index (χ2n) is 4.17. The minimum Gasteiger partial charge on any atom is -0.497 e. The molecule has 1 heterocycles. The van der Waals surface area contributed by atoms with Crippen LogP contribution in [0.2, 0.25) is 0 Å². The molecule has 0 atom stereocenters. The summed E-state index contributed by atoms with van der Waals surface area (Å²) in [6.45, 7) is 3.87. The molecule has 0 radical (unpaired) electrons. The number of nitrogens with one attached hydrogen (secondary N) is 1. The molecular formula is C14H17N3O2. The number of ether oxygens (including phenoxy) is 2. The van der Waals surface area contributed by atoms with E-state index in [2.05, 4.69) is 15.3 Å². The Morgan fingerprint density at radius 3 is 2.21 bits per heavy atom. The largest absolute Gasteiger partial charge is 0.497 e. The molecule has 0 fully saturated rings. The van der Waals surface area contributed by atoms with Crippen molar-refractivity contribution in [3.05, 3.63) is 35.7 Å². The molecule has 0 spiro atoms. The van der Waals surface area contributed by atoms with Crippen LogP contribution in [0.4, 0.5) is 11.6 Å². The van der Waals surface area contributed by atoms with Gasteiger partial charge in [0.15, 0.2) is 0 Å². The van der Waals surface area contributed by atoms with Gasteiger partial charge in [0.05, 0.1) is 19.9 Å². The van der Waals surface area contributed by atoms with Crippen molar-refractivity contribution in [3.63, 3.8) is 0 Å². The topological polar surface area (TPSA) is 56.3 Å². The van der Waals surface area contributed by atoms with E-state index in [1.54, 1.807) is 14.2 Å². The second-order valence-corrected chi connectivity index (χ2v) is 4.17. The van der Waals surface area contributed by atoms with Gasteiger partial charge in [0.25, 0.3) is 0 Å². The Labute approximate surface area is 112 Å². The van der Waals surface area contributed by atoms with E-state index in [0.29, 0.717) is 11.7 Å². The fourth-order valence-electron chi connectivity index (χ4n) is 1.80. The SMILES string of the molecule is COc1ccc(Nc2nc(C)cc(C)n2)c(OC)c1. The molecule has 1 N–H and O–H groups in total. The Kier molecular flexibility index (Phi) is 3.85. The monoisotopic (exact) mass is 259 g/mol. The molecule has 2 rings (SSSR count). The summed E-state index contributed by atoms with van der Waals surface area (Å²) in [7, 11) is 3.23. The average Bonchev–Trinajstić information content (AvgIpc) is 2.38. The highest BCUT2D eigenvalue weighted by Gasteiger charge is 2.07. The number of aromatic nitrogens is 2. The molecule has 0 aliphatic rings. The molecule has 1 aromatic carbocycles. The van der Waals surface area contributed by atoms with Crippen molar-refractivity contribution in [2.75, 3.05) is 19.5 Å². The molecule has 5 heteroatoms. The van der Waals surface area contributed by atoms with E-state index < -0.39 is 0 Å². The van der Waals surface area contributed by atoms with Crippen LogP contribution in [0.25, 0.3) is 0 Å². The lowest BCUT2D eigenvalue weighted by Gasteiger charge is -2.12. The normalized spacial score (nSPS) is 10.1. The van der Waals surface area contributed by atoms with Gasteiger partial charge >= 0.3 is 0 Å². The van der Waals surface area contributed by atoms with Crippen LogP contribution in [0.5, 0.6) is 11.5 Å². The van der Waals surface area contributed by atoms with Gasteiger partial charge in [-0.2, -0.15) is 0 Å². The molecule has 0 saturated carbocycles. The zero-order valence-electron chi connectivity index (χ0n) is 11.5. The first-order chi connectivity index (χ1) is 9.12. The van der Waals surface area contributed by atoms with Crippen LogP contribution in [0, 0.1) is 13.8 Å². The average molecular weight is 259 g/mol. The number of rotatable bonds is 4. The first kappa shape index (κ1) is 13.1. The van der Waals surface area contributed by atoms with Gasteiger partial charge in [0, 0.05) is 17.5 Å². The minimum absolute atomic E-state index is 0.556.